The van der Waals surface area contributed by atoms with E-state index in [2.05, 4.69) is 41.5 Å². The van der Waals surface area contributed by atoms with Crippen LogP contribution in [0, 0.1) is 23.0 Å². The lowest BCUT2D eigenvalue weighted by molar-refractivity contribution is -0.384. The molecule has 180 valence electrons. The van der Waals surface area contributed by atoms with E-state index in [0.29, 0.717) is 22.4 Å². The number of carbonyl (C=O) groups excluding carboxylic acids is 1. The molecule has 0 fully saturated rings. The lowest BCUT2D eigenvalue weighted by Gasteiger charge is -2.15. The zero-order chi connectivity index (χ0) is 24.5. The van der Waals surface area contributed by atoms with Gasteiger partial charge in [-0.3, -0.25) is 19.5 Å². The number of non-ortho nitro benzene ring substituents is 1. The topological polar surface area (TPSA) is 103 Å². The van der Waals surface area contributed by atoms with Crippen LogP contribution in [0.3, 0.4) is 0 Å². The molecule has 0 saturated carbocycles. The Morgan fingerprint density at radius 3 is 2.53 bits per heavy atom. The number of aromatic nitrogens is 3. The van der Waals surface area contributed by atoms with Crippen molar-refractivity contribution in [3.05, 3.63) is 75.6 Å². The Morgan fingerprint density at radius 1 is 1.15 bits per heavy atom. The molecule has 3 rings (SSSR count). The molecule has 0 aliphatic carbocycles. The molecule has 2 aromatic carbocycles. The summed E-state index contributed by atoms with van der Waals surface area (Å²) in [5.74, 6) is 1.28. The van der Waals surface area contributed by atoms with Crippen LogP contribution in [-0.2, 0) is 17.1 Å². The summed E-state index contributed by atoms with van der Waals surface area (Å²) in [5.41, 5.74) is 3.12. The van der Waals surface area contributed by atoms with Crippen molar-refractivity contribution in [1.82, 2.24) is 20.1 Å². The van der Waals surface area contributed by atoms with Crippen molar-refractivity contribution in [3.8, 4) is 5.69 Å². The molecule has 1 atom stereocenters. The number of nitrogens with one attached hydrogen (secondary N) is 1. The fourth-order valence-corrected chi connectivity index (χ4v) is 4.73. The zero-order valence-electron chi connectivity index (χ0n) is 19.9. The molecule has 0 spiro atoms. The highest BCUT2D eigenvalue weighted by atomic mass is 32.2. The number of aryl methyl sites for hydroxylation is 1. The molecule has 8 nitrogen and oxygen atoms in total. The Bertz CT molecular complexity index is 1110. The molecule has 0 aliphatic heterocycles. The molecule has 1 aromatic heterocycles. The monoisotopic (exact) mass is 481 g/mol. The third-order valence-electron chi connectivity index (χ3n) is 5.83. The summed E-state index contributed by atoms with van der Waals surface area (Å²) in [6.45, 7) is 6.45. The summed E-state index contributed by atoms with van der Waals surface area (Å²) in [6.07, 6.45) is 3.73. The number of benzene rings is 2. The SMILES string of the molecule is CCCCC(CC)C(=O)NCc1nnc(SCc2ccccc2C)n1-c1ccc([N+](=O)[O-])cc1. The largest absolute Gasteiger partial charge is 0.349 e. The van der Waals surface area contributed by atoms with E-state index in [1.807, 2.05) is 23.6 Å². The molecule has 0 bridgehead atoms. The number of amides is 1. The number of unbranched alkanes of at least 4 members (excludes halogenated alkanes) is 1. The summed E-state index contributed by atoms with van der Waals surface area (Å²) in [5, 5.41) is 23.5. The Hall–Kier alpha value is -3.20. The van der Waals surface area contributed by atoms with Crippen molar-refractivity contribution in [2.75, 3.05) is 0 Å². The van der Waals surface area contributed by atoms with E-state index in [1.54, 1.807) is 12.1 Å². The van der Waals surface area contributed by atoms with E-state index in [4.69, 9.17) is 0 Å². The van der Waals surface area contributed by atoms with Gasteiger partial charge in [0.25, 0.3) is 5.69 Å². The maximum atomic E-state index is 12.7. The van der Waals surface area contributed by atoms with Crippen LogP contribution in [0.5, 0.6) is 0 Å². The van der Waals surface area contributed by atoms with Gasteiger partial charge in [0.15, 0.2) is 11.0 Å². The summed E-state index contributed by atoms with van der Waals surface area (Å²) >= 11 is 1.54. The maximum Gasteiger partial charge on any atom is 0.269 e. The molecule has 0 radical (unpaired) electrons. The van der Waals surface area contributed by atoms with Gasteiger partial charge in [0.1, 0.15) is 0 Å². The Labute approximate surface area is 204 Å². The van der Waals surface area contributed by atoms with Crippen LogP contribution >= 0.6 is 11.8 Å². The minimum absolute atomic E-state index is 0.0162. The highest BCUT2D eigenvalue weighted by Crippen LogP contribution is 2.27. The summed E-state index contributed by atoms with van der Waals surface area (Å²) in [4.78, 5) is 23.4. The van der Waals surface area contributed by atoms with E-state index in [-0.39, 0.29) is 24.1 Å². The third-order valence-corrected chi connectivity index (χ3v) is 6.81. The predicted octanol–water partition coefficient (Wildman–Crippen LogP) is 5.61. The molecular formula is C25H31N5O3S. The minimum Gasteiger partial charge on any atom is -0.349 e. The van der Waals surface area contributed by atoms with Crippen LogP contribution in [0.15, 0.2) is 53.7 Å². The fourth-order valence-electron chi connectivity index (χ4n) is 3.69. The summed E-state index contributed by atoms with van der Waals surface area (Å²) < 4.78 is 1.86. The van der Waals surface area contributed by atoms with Gasteiger partial charge in [0.2, 0.25) is 5.91 Å². The number of carbonyl (C=O) groups is 1. The van der Waals surface area contributed by atoms with Gasteiger partial charge in [0, 0.05) is 29.5 Å². The number of hydrogen-bond acceptors (Lipinski definition) is 6. The fraction of sp³-hybridized carbons (Fsp3) is 0.400. The second kappa shape index (κ2) is 12.3. The molecular weight excluding hydrogens is 450 g/mol. The van der Waals surface area contributed by atoms with E-state index >= 15 is 0 Å². The van der Waals surface area contributed by atoms with Gasteiger partial charge < -0.3 is 5.32 Å². The Morgan fingerprint density at radius 2 is 1.88 bits per heavy atom. The van der Waals surface area contributed by atoms with Crippen molar-refractivity contribution < 1.29 is 9.72 Å². The normalized spacial score (nSPS) is 11.9. The second-order valence-corrected chi connectivity index (χ2v) is 9.13. The average molecular weight is 482 g/mol. The second-order valence-electron chi connectivity index (χ2n) is 8.19. The first-order valence-electron chi connectivity index (χ1n) is 11.6. The Kier molecular flexibility index (Phi) is 9.21. The van der Waals surface area contributed by atoms with Gasteiger partial charge in [-0.2, -0.15) is 0 Å². The molecule has 9 heteroatoms. The summed E-state index contributed by atoms with van der Waals surface area (Å²) in [7, 11) is 0. The van der Waals surface area contributed by atoms with Gasteiger partial charge in [0.05, 0.1) is 11.5 Å². The first kappa shape index (κ1) is 25.4. The maximum absolute atomic E-state index is 12.7. The van der Waals surface area contributed by atoms with E-state index in [1.165, 1.54) is 35.0 Å². The highest BCUT2D eigenvalue weighted by molar-refractivity contribution is 7.98. The average Bonchev–Trinajstić information content (AvgIpc) is 3.25. The van der Waals surface area contributed by atoms with Crippen molar-refractivity contribution in [2.24, 2.45) is 5.92 Å². The molecule has 34 heavy (non-hydrogen) atoms. The van der Waals surface area contributed by atoms with Gasteiger partial charge in [-0.25, -0.2) is 0 Å². The van der Waals surface area contributed by atoms with E-state index in [0.717, 1.165) is 25.7 Å². The molecule has 1 unspecified atom stereocenters. The van der Waals surface area contributed by atoms with Gasteiger partial charge >= 0.3 is 0 Å². The first-order valence-corrected chi connectivity index (χ1v) is 12.6. The van der Waals surface area contributed by atoms with Crippen LogP contribution in [0.2, 0.25) is 0 Å². The lowest BCUT2D eigenvalue weighted by Crippen LogP contribution is -2.31. The minimum atomic E-state index is -0.424. The van der Waals surface area contributed by atoms with E-state index in [9.17, 15) is 14.9 Å². The van der Waals surface area contributed by atoms with Gasteiger partial charge in [-0.05, 0) is 43.0 Å². The molecule has 1 N–H and O–H groups in total. The number of nitrogens with zero attached hydrogens (tertiary/aromatic N) is 4. The Balaban J connectivity index is 1.84. The van der Waals surface area contributed by atoms with Crippen LogP contribution in [-0.4, -0.2) is 25.6 Å². The van der Waals surface area contributed by atoms with Gasteiger partial charge in [-0.1, -0.05) is 62.7 Å². The number of nitro benzene ring substituents is 1. The molecule has 1 amide bonds. The number of nitro groups is 1. The molecule has 1 heterocycles. The van der Waals surface area contributed by atoms with Crippen molar-refractivity contribution in [2.45, 2.75) is 63.9 Å². The number of thioether (sulfide) groups is 1. The quantitative estimate of drug-likeness (QED) is 0.205. The smallest absolute Gasteiger partial charge is 0.269 e. The third kappa shape index (κ3) is 6.44. The zero-order valence-corrected chi connectivity index (χ0v) is 20.7. The van der Waals surface area contributed by atoms with Crippen molar-refractivity contribution in [1.29, 1.82) is 0 Å². The molecule has 0 saturated heterocycles. The van der Waals surface area contributed by atoms with Crippen LogP contribution in [0.25, 0.3) is 5.69 Å². The lowest BCUT2D eigenvalue weighted by atomic mass is 9.98. The number of rotatable bonds is 12. The first-order chi connectivity index (χ1) is 16.4. The van der Waals surface area contributed by atoms with E-state index < -0.39 is 4.92 Å². The highest BCUT2D eigenvalue weighted by Gasteiger charge is 2.19. The predicted molar refractivity (Wildman–Crippen MR) is 134 cm³/mol. The van der Waals surface area contributed by atoms with Crippen LogP contribution in [0.4, 0.5) is 5.69 Å². The molecule has 0 aliphatic rings. The van der Waals surface area contributed by atoms with Crippen LogP contribution < -0.4 is 5.32 Å². The summed E-state index contributed by atoms with van der Waals surface area (Å²) in [6, 6.07) is 14.5. The standard InChI is InChI=1S/C25H31N5O3S/c1-4-6-10-19(5-2)24(31)26-16-23-27-28-25(34-17-20-11-8-7-9-18(20)3)29(23)21-12-14-22(15-13-21)30(32)33/h7-9,11-15,19H,4-6,10,16-17H2,1-3H3,(H,26,31). The van der Waals surface area contributed by atoms with Crippen LogP contribution in [0.1, 0.15) is 56.5 Å². The molecule has 3 aromatic rings. The van der Waals surface area contributed by atoms with Crippen molar-refractivity contribution in [3.63, 3.8) is 0 Å². The van der Waals surface area contributed by atoms with Gasteiger partial charge in [-0.15, -0.1) is 10.2 Å². The number of hydrogen-bond donors (Lipinski definition) is 1. The van der Waals surface area contributed by atoms with Crippen molar-refractivity contribution >= 4 is 23.4 Å².